The van der Waals surface area contributed by atoms with Crippen molar-refractivity contribution in [2.45, 2.75) is 40.2 Å². The number of anilines is 1. The van der Waals surface area contributed by atoms with Gasteiger partial charge in [-0.2, -0.15) is 0 Å². The van der Waals surface area contributed by atoms with Gasteiger partial charge in [-0.1, -0.05) is 31.0 Å². The first kappa shape index (κ1) is 13.0. The summed E-state index contributed by atoms with van der Waals surface area (Å²) in [6, 6.07) is 6.31. The molecule has 0 aliphatic heterocycles. The molecule has 2 heteroatoms. The topological polar surface area (TPSA) is 23.5 Å². The fourth-order valence-corrected chi connectivity index (χ4v) is 1.95. The molecule has 0 saturated heterocycles. The van der Waals surface area contributed by atoms with Crippen molar-refractivity contribution in [3.8, 4) is 0 Å². The van der Waals surface area contributed by atoms with E-state index in [9.17, 15) is 5.11 Å². The predicted molar refractivity (Wildman–Crippen MR) is 69.9 cm³/mol. The Morgan fingerprint density at radius 1 is 1.25 bits per heavy atom. The summed E-state index contributed by atoms with van der Waals surface area (Å²) in [5, 5.41) is 9.39. The Morgan fingerprint density at radius 3 is 2.56 bits per heavy atom. The SMILES string of the molecule is CCCCN(CC)c1ccc(C)cc1CO. The molecular weight excluding hydrogens is 198 g/mol. The number of hydrogen-bond acceptors (Lipinski definition) is 2. The molecule has 1 rings (SSSR count). The molecule has 2 nitrogen and oxygen atoms in total. The second kappa shape index (κ2) is 6.54. The first-order valence-corrected chi connectivity index (χ1v) is 6.18. The third kappa shape index (κ3) is 3.24. The van der Waals surface area contributed by atoms with Gasteiger partial charge in [-0.25, -0.2) is 0 Å². The van der Waals surface area contributed by atoms with Crippen LogP contribution in [0.4, 0.5) is 5.69 Å². The van der Waals surface area contributed by atoms with Crippen molar-refractivity contribution in [2.24, 2.45) is 0 Å². The molecule has 0 aliphatic rings. The number of aryl methyl sites for hydroxylation is 1. The van der Waals surface area contributed by atoms with E-state index < -0.39 is 0 Å². The van der Waals surface area contributed by atoms with Gasteiger partial charge in [-0.05, 0) is 26.3 Å². The molecule has 0 atom stereocenters. The summed E-state index contributed by atoms with van der Waals surface area (Å²) in [5.74, 6) is 0. The maximum atomic E-state index is 9.39. The van der Waals surface area contributed by atoms with Gasteiger partial charge in [-0.15, -0.1) is 0 Å². The number of unbranched alkanes of at least 4 members (excludes halogenated alkanes) is 1. The molecule has 0 fully saturated rings. The summed E-state index contributed by atoms with van der Waals surface area (Å²) in [4.78, 5) is 2.34. The average Bonchev–Trinajstić information content (AvgIpc) is 2.31. The maximum Gasteiger partial charge on any atom is 0.0702 e. The average molecular weight is 221 g/mol. The zero-order valence-electron chi connectivity index (χ0n) is 10.7. The highest BCUT2D eigenvalue weighted by molar-refractivity contribution is 5.54. The third-order valence-electron chi connectivity index (χ3n) is 2.91. The molecule has 90 valence electrons. The van der Waals surface area contributed by atoms with Crippen LogP contribution in [0, 0.1) is 6.92 Å². The minimum absolute atomic E-state index is 0.125. The van der Waals surface area contributed by atoms with E-state index in [-0.39, 0.29) is 6.61 Å². The molecule has 0 unspecified atom stereocenters. The van der Waals surface area contributed by atoms with Gasteiger partial charge in [0.1, 0.15) is 0 Å². The monoisotopic (exact) mass is 221 g/mol. The summed E-state index contributed by atoms with van der Waals surface area (Å²) in [7, 11) is 0. The number of nitrogens with zero attached hydrogens (tertiary/aromatic N) is 1. The standard InChI is InChI=1S/C14H23NO/c1-4-6-9-15(5-2)14-8-7-12(3)10-13(14)11-16/h7-8,10,16H,4-6,9,11H2,1-3H3. The Balaban J connectivity index is 2.90. The Kier molecular flexibility index (Phi) is 5.33. The highest BCUT2D eigenvalue weighted by Gasteiger charge is 2.08. The summed E-state index contributed by atoms with van der Waals surface area (Å²) < 4.78 is 0. The van der Waals surface area contributed by atoms with Crippen molar-refractivity contribution in [1.82, 2.24) is 0 Å². The van der Waals surface area contributed by atoms with Crippen molar-refractivity contribution in [3.63, 3.8) is 0 Å². The van der Waals surface area contributed by atoms with Crippen molar-refractivity contribution in [1.29, 1.82) is 0 Å². The predicted octanol–water partition coefficient (Wildman–Crippen LogP) is 3.11. The quantitative estimate of drug-likeness (QED) is 0.798. The van der Waals surface area contributed by atoms with Gasteiger partial charge in [-0.3, -0.25) is 0 Å². The van der Waals surface area contributed by atoms with E-state index >= 15 is 0 Å². The molecular formula is C14H23NO. The lowest BCUT2D eigenvalue weighted by atomic mass is 10.1. The van der Waals surface area contributed by atoms with E-state index in [0.717, 1.165) is 18.7 Å². The van der Waals surface area contributed by atoms with Crippen LogP contribution in [-0.2, 0) is 6.61 Å². The smallest absolute Gasteiger partial charge is 0.0702 e. The highest BCUT2D eigenvalue weighted by atomic mass is 16.3. The Hall–Kier alpha value is -1.02. The second-order valence-electron chi connectivity index (χ2n) is 4.22. The molecule has 0 saturated carbocycles. The highest BCUT2D eigenvalue weighted by Crippen LogP contribution is 2.22. The van der Waals surface area contributed by atoms with Gasteiger partial charge in [0, 0.05) is 24.3 Å². The van der Waals surface area contributed by atoms with Crippen LogP contribution >= 0.6 is 0 Å². The lowest BCUT2D eigenvalue weighted by Gasteiger charge is -2.25. The molecule has 0 bridgehead atoms. The molecule has 0 heterocycles. The minimum Gasteiger partial charge on any atom is -0.392 e. The summed E-state index contributed by atoms with van der Waals surface area (Å²) in [6.07, 6.45) is 2.41. The summed E-state index contributed by atoms with van der Waals surface area (Å²) >= 11 is 0. The normalized spacial score (nSPS) is 10.5. The molecule has 0 radical (unpaired) electrons. The number of aliphatic hydroxyl groups excluding tert-OH is 1. The van der Waals surface area contributed by atoms with E-state index in [1.54, 1.807) is 0 Å². The number of aliphatic hydroxyl groups is 1. The van der Waals surface area contributed by atoms with Crippen LogP contribution < -0.4 is 4.90 Å². The fourth-order valence-electron chi connectivity index (χ4n) is 1.95. The van der Waals surface area contributed by atoms with Gasteiger partial charge < -0.3 is 10.0 Å². The molecule has 1 aromatic carbocycles. The molecule has 1 aromatic rings. The summed E-state index contributed by atoms with van der Waals surface area (Å²) in [5.41, 5.74) is 3.43. The Morgan fingerprint density at radius 2 is 2.00 bits per heavy atom. The first-order chi connectivity index (χ1) is 7.72. The van der Waals surface area contributed by atoms with Crippen LogP contribution in [0.5, 0.6) is 0 Å². The van der Waals surface area contributed by atoms with Crippen LogP contribution in [0.25, 0.3) is 0 Å². The Labute approximate surface area is 98.9 Å². The molecule has 0 aliphatic carbocycles. The number of benzene rings is 1. The van der Waals surface area contributed by atoms with Gasteiger partial charge in [0.05, 0.1) is 6.61 Å². The van der Waals surface area contributed by atoms with E-state index in [2.05, 4.69) is 43.9 Å². The molecule has 0 spiro atoms. The molecule has 0 amide bonds. The number of rotatable bonds is 6. The number of hydrogen-bond donors (Lipinski definition) is 1. The zero-order chi connectivity index (χ0) is 12.0. The van der Waals surface area contributed by atoms with Crippen LogP contribution in [0.2, 0.25) is 0 Å². The van der Waals surface area contributed by atoms with Gasteiger partial charge in [0.25, 0.3) is 0 Å². The van der Waals surface area contributed by atoms with E-state index in [4.69, 9.17) is 0 Å². The summed E-state index contributed by atoms with van der Waals surface area (Å²) in [6.45, 7) is 8.62. The van der Waals surface area contributed by atoms with Gasteiger partial charge in [0.15, 0.2) is 0 Å². The van der Waals surface area contributed by atoms with E-state index in [0.29, 0.717) is 0 Å². The molecule has 1 N–H and O–H groups in total. The molecule has 0 aromatic heterocycles. The van der Waals surface area contributed by atoms with Gasteiger partial charge in [0.2, 0.25) is 0 Å². The minimum atomic E-state index is 0.125. The van der Waals surface area contributed by atoms with Crippen molar-refractivity contribution in [3.05, 3.63) is 29.3 Å². The second-order valence-corrected chi connectivity index (χ2v) is 4.22. The van der Waals surface area contributed by atoms with E-state index in [1.165, 1.54) is 24.1 Å². The van der Waals surface area contributed by atoms with Crippen molar-refractivity contribution in [2.75, 3.05) is 18.0 Å². The lowest BCUT2D eigenvalue weighted by Crippen LogP contribution is -2.25. The van der Waals surface area contributed by atoms with Crippen molar-refractivity contribution < 1.29 is 5.11 Å². The van der Waals surface area contributed by atoms with Crippen LogP contribution in [-0.4, -0.2) is 18.2 Å². The zero-order valence-corrected chi connectivity index (χ0v) is 10.7. The van der Waals surface area contributed by atoms with E-state index in [1.807, 2.05) is 0 Å². The maximum absolute atomic E-state index is 9.39. The third-order valence-corrected chi connectivity index (χ3v) is 2.91. The fraction of sp³-hybridized carbons (Fsp3) is 0.571. The Bertz CT molecular complexity index is 323. The van der Waals surface area contributed by atoms with Crippen LogP contribution in [0.3, 0.4) is 0 Å². The first-order valence-electron chi connectivity index (χ1n) is 6.18. The van der Waals surface area contributed by atoms with Crippen molar-refractivity contribution >= 4 is 5.69 Å². The largest absolute Gasteiger partial charge is 0.392 e. The van der Waals surface area contributed by atoms with Crippen LogP contribution in [0.15, 0.2) is 18.2 Å². The van der Waals surface area contributed by atoms with Gasteiger partial charge >= 0.3 is 0 Å². The van der Waals surface area contributed by atoms with Crippen LogP contribution in [0.1, 0.15) is 37.8 Å². The molecule has 16 heavy (non-hydrogen) atoms. The lowest BCUT2D eigenvalue weighted by molar-refractivity contribution is 0.282.